The normalized spacial score (nSPS) is 27.5. The number of carbonyl (C=O) groups is 2. The van der Waals surface area contributed by atoms with Crippen molar-refractivity contribution in [3.8, 4) is 0 Å². The number of carbonyl (C=O) groups excluding carboxylic acids is 2. The molecule has 4 nitrogen and oxygen atoms in total. The number of rotatable bonds is 1. The van der Waals surface area contributed by atoms with Gasteiger partial charge in [-0.25, -0.2) is 4.90 Å². The molecule has 0 spiro atoms. The Labute approximate surface area is 114 Å². The van der Waals surface area contributed by atoms with Crippen molar-refractivity contribution < 1.29 is 9.59 Å². The molecule has 1 aliphatic heterocycles. The van der Waals surface area contributed by atoms with Gasteiger partial charge < -0.3 is 0 Å². The van der Waals surface area contributed by atoms with Crippen molar-refractivity contribution in [1.82, 2.24) is 4.98 Å². The molecule has 2 fully saturated rings. The average Bonchev–Trinajstić information content (AvgIpc) is 2.64. The van der Waals surface area contributed by atoms with E-state index in [-0.39, 0.29) is 23.7 Å². The lowest BCUT2D eigenvalue weighted by Gasteiger charge is -2.19. The SMILES string of the molecule is O=C1C2CCCCC2C(=O)N1c1ccncc1Br. The van der Waals surface area contributed by atoms with Crippen LogP contribution in [0.15, 0.2) is 22.9 Å². The molecule has 0 N–H and O–H groups in total. The number of amides is 2. The van der Waals surface area contributed by atoms with E-state index in [1.807, 2.05) is 0 Å². The zero-order valence-corrected chi connectivity index (χ0v) is 11.4. The van der Waals surface area contributed by atoms with E-state index in [2.05, 4.69) is 20.9 Å². The fourth-order valence-electron chi connectivity index (χ4n) is 2.95. The highest BCUT2D eigenvalue weighted by molar-refractivity contribution is 9.10. The van der Waals surface area contributed by atoms with E-state index in [1.165, 1.54) is 4.90 Å². The van der Waals surface area contributed by atoms with E-state index in [0.717, 1.165) is 25.7 Å². The van der Waals surface area contributed by atoms with Gasteiger partial charge in [0.2, 0.25) is 11.8 Å². The lowest BCUT2D eigenvalue weighted by Crippen LogP contribution is -2.31. The Morgan fingerprint density at radius 2 is 1.78 bits per heavy atom. The smallest absolute Gasteiger partial charge is 0.237 e. The molecule has 2 amide bonds. The van der Waals surface area contributed by atoms with Gasteiger partial charge in [-0.15, -0.1) is 0 Å². The van der Waals surface area contributed by atoms with Crippen LogP contribution < -0.4 is 4.90 Å². The largest absolute Gasteiger partial charge is 0.274 e. The van der Waals surface area contributed by atoms with Crippen LogP contribution in [0.5, 0.6) is 0 Å². The van der Waals surface area contributed by atoms with Gasteiger partial charge in [-0.1, -0.05) is 12.8 Å². The maximum absolute atomic E-state index is 12.4. The molecule has 2 heterocycles. The first-order valence-electron chi connectivity index (χ1n) is 6.17. The highest BCUT2D eigenvalue weighted by atomic mass is 79.9. The minimum atomic E-state index is -0.105. The lowest BCUT2D eigenvalue weighted by molar-refractivity contribution is -0.122. The molecular weight excluding hydrogens is 296 g/mol. The number of fused-ring (bicyclic) bond motifs is 1. The van der Waals surface area contributed by atoms with Crippen LogP contribution in [-0.4, -0.2) is 16.8 Å². The first kappa shape index (κ1) is 11.8. The van der Waals surface area contributed by atoms with Crippen LogP contribution in [0.1, 0.15) is 25.7 Å². The number of nitrogens with zero attached hydrogens (tertiary/aromatic N) is 2. The second-order valence-corrected chi connectivity index (χ2v) is 5.69. The Bertz CT molecular complexity index is 493. The van der Waals surface area contributed by atoms with E-state index in [4.69, 9.17) is 0 Å². The zero-order valence-electron chi connectivity index (χ0n) is 9.80. The van der Waals surface area contributed by atoms with Crippen LogP contribution in [0.4, 0.5) is 5.69 Å². The standard InChI is InChI=1S/C13H13BrN2O2/c14-10-7-15-6-5-11(10)16-12(17)8-3-1-2-4-9(8)13(16)18/h5-9H,1-4H2. The summed E-state index contributed by atoms with van der Waals surface area (Å²) in [6, 6.07) is 1.71. The van der Waals surface area contributed by atoms with Crippen LogP contribution in [0.2, 0.25) is 0 Å². The molecule has 0 bridgehead atoms. The molecule has 2 atom stereocenters. The van der Waals surface area contributed by atoms with Gasteiger partial charge in [-0.3, -0.25) is 14.6 Å². The van der Waals surface area contributed by atoms with E-state index in [9.17, 15) is 9.59 Å². The molecule has 0 aromatic carbocycles. The van der Waals surface area contributed by atoms with E-state index >= 15 is 0 Å². The fourth-order valence-corrected chi connectivity index (χ4v) is 3.38. The van der Waals surface area contributed by atoms with E-state index in [1.54, 1.807) is 18.5 Å². The Morgan fingerprint density at radius 1 is 1.17 bits per heavy atom. The molecule has 1 saturated heterocycles. The van der Waals surface area contributed by atoms with E-state index in [0.29, 0.717) is 10.2 Å². The molecule has 1 aliphatic carbocycles. The van der Waals surface area contributed by atoms with Gasteiger partial charge in [0.25, 0.3) is 0 Å². The maximum atomic E-state index is 12.4. The van der Waals surface area contributed by atoms with Gasteiger partial charge >= 0.3 is 0 Å². The Morgan fingerprint density at radius 3 is 2.33 bits per heavy atom. The van der Waals surface area contributed by atoms with Crippen LogP contribution in [0, 0.1) is 11.8 Å². The number of anilines is 1. The van der Waals surface area contributed by atoms with Crippen molar-refractivity contribution >= 4 is 33.4 Å². The number of hydrogen-bond acceptors (Lipinski definition) is 3. The predicted molar refractivity (Wildman–Crippen MR) is 69.9 cm³/mol. The summed E-state index contributed by atoms with van der Waals surface area (Å²) in [5, 5.41) is 0. The van der Waals surface area contributed by atoms with Gasteiger partial charge in [-0.2, -0.15) is 0 Å². The van der Waals surface area contributed by atoms with Crippen molar-refractivity contribution in [2.24, 2.45) is 11.8 Å². The zero-order chi connectivity index (χ0) is 12.7. The number of imide groups is 1. The summed E-state index contributed by atoms with van der Waals surface area (Å²) in [6.45, 7) is 0. The number of hydrogen-bond donors (Lipinski definition) is 0. The third-order valence-corrected chi connectivity index (χ3v) is 4.44. The van der Waals surface area contributed by atoms with Gasteiger partial charge in [0.05, 0.1) is 22.0 Å². The lowest BCUT2D eigenvalue weighted by atomic mass is 9.81. The van der Waals surface area contributed by atoms with Gasteiger partial charge in [0.1, 0.15) is 0 Å². The summed E-state index contributed by atoms with van der Waals surface area (Å²) >= 11 is 3.35. The van der Waals surface area contributed by atoms with Crippen LogP contribution >= 0.6 is 15.9 Å². The Kier molecular flexibility index (Phi) is 2.93. The molecule has 94 valence electrons. The van der Waals surface area contributed by atoms with Crippen molar-refractivity contribution in [2.75, 3.05) is 4.90 Å². The van der Waals surface area contributed by atoms with Crippen LogP contribution in [-0.2, 0) is 9.59 Å². The highest BCUT2D eigenvalue weighted by Gasteiger charge is 2.49. The summed E-state index contributed by atoms with van der Waals surface area (Å²) in [4.78, 5) is 30.0. The monoisotopic (exact) mass is 308 g/mol. The summed E-state index contributed by atoms with van der Waals surface area (Å²) in [5.41, 5.74) is 0.620. The second-order valence-electron chi connectivity index (χ2n) is 4.84. The number of aromatic nitrogens is 1. The highest BCUT2D eigenvalue weighted by Crippen LogP contribution is 2.41. The minimum absolute atomic E-state index is 0.0448. The summed E-state index contributed by atoms with van der Waals surface area (Å²) in [6.07, 6.45) is 6.99. The molecule has 0 radical (unpaired) electrons. The molecule has 18 heavy (non-hydrogen) atoms. The van der Waals surface area contributed by atoms with Gasteiger partial charge in [-0.05, 0) is 34.8 Å². The fraction of sp³-hybridized carbons (Fsp3) is 0.462. The third kappa shape index (κ3) is 1.68. The first-order valence-corrected chi connectivity index (χ1v) is 6.97. The topological polar surface area (TPSA) is 50.3 Å². The quantitative estimate of drug-likeness (QED) is 0.749. The second kappa shape index (κ2) is 4.46. The van der Waals surface area contributed by atoms with Crippen LogP contribution in [0.25, 0.3) is 0 Å². The minimum Gasteiger partial charge on any atom is -0.274 e. The molecule has 1 aromatic rings. The van der Waals surface area contributed by atoms with Crippen molar-refractivity contribution in [1.29, 1.82) is 0 Å². The van der Waals surface area contributed by atoms with Crippen LogP contribution in [0.3, 0.4) is 0 Å². The van der Waals surface area contributed by atoms with Gasteiger partial charge in [0.15, 0.2) is 0 Å². The predicted octanol–water partition coefficient (Wildman–Crippen LogP) is 2.52. The number of pyridine rings is 1. The number of halogens is 1. The molecule has 1 saturated carbocycles. The Balaban J connectivity index is 2.00. The summed E-state index contributed by atoms with van der Waals surface area (Å²) in [5.74, 6) is -0.300. The third-order valence-electron chi connectivity index (χ3n) is 3.83. The molecular formula is C13H13BrN2O2. The van der Waals surface area contributed by atoms with Crippen molar-refractivity contribution in [2.45, 2.75) is 25.7 Å². The average molecular weight is 309 g/mol. The Hall–Kier alpha value is -1.23. The van der Waals surface area contributed by atoms with E-state index < -0.39 is 0 Å². The van der Waals surface area contributed by atoms with Gasteiger partial charge in [0, 0.05) is 12.4 Å². The van der Waals surface area contributed by atoms with Crippen molar-refractivity contribution in [3.63, 3.8) is 0 Å². The van der Waals surface area contributed by atoms with Crippen molar-refractivity contribution in [3.05, 3.63) is 22.9 Å². The molecule has 5 heteroatoms. The first-order chi connectivity index (χ1) is 8.70. The molecule has 1 aromatic heterocycles. The summed E-state index contributed by atoms with van der Waals surface area (Å²) < 4.78 is 0.686. The molecule has 2 unspecified atom stereocenters. The summed E-state index contributed by atoms with van der Waals surface area (Å²) in [7, 11) is 0. The molecule has 2 aliphatic rings. The molecule has 3 rings (SSSR count). The maximum Gasteiger partial charge on any atom is 0.237 e.